The molecule has 0 unspecified atom stereocenters. The Morgan fingerprint density at radius 2 is 1.63 bits per heavy atom. The molecule has 0 bridgehead atoms. The van der Waals surface area contributed by atoms with Crippen molar-refractivity contribution in [3.05, 3.63) is 52.5 Å². The van der Waals surface area contributed by atoms with Gasteiger partial charge in [-0.25, -0.2) is 0 Å². The molecule has 1 heterocycles. The molecule has 0 atom stereocenters. The lowest BCUT2D eigenvalue weighted by Gasteiger charge is -2.20. The van der Waals surface area contributed by atoms with Gasteiger partial charge < -0.3 is 19.7 Å². The first-order valence-corrected chi connectivity index (χ1v) is 9.21. The molecule has 0 saturated heterocycles. The van der Waals surface area contributed by atoms with Crippen molar-refractivity contribution in [1.29, 1.82) is 0 Å². The maximum Gasteiger partial charge on any atom is 0.257 e. The number of hydrogen-bond donors (Lipinski definition) is 1. The van der Waals surface area contributed by atoms with Gasteiger partial charge in [-0.2, -0.15) is 0 Å². The minimum atomic E-state index is -0.361. The van der Waals surface area contributed by atoms with Crippen molar-refractivity contribution in [3.63, 3.8) is 0 Å². The Balaban J connectivity index is 1.74. The molecular weight excluding hydrogens is 368 g/mol. The molecule has 7 heteroatoms. The number of benzene rings is 2. The summed E-state index contributed by atoms with van der Waals surface area (Å²) < 4.78 is 11.0. The molecule has 6 nitrogen and oxygen atoms in total. The van der Waals surface area contributed by atoms with Crippen molar-refractivity contribution < 1.29 is 19.1 Å². The van der Waals surface area contributed by atoms with Crippen LogP contribution in [0, 0.1) is 0 Å². The third-order valence-corrected chi connectivity index (χ3v) is 4.63. The summed E-state index contributed by atoms with van der Waals surface area (Å²) >= 11 is 6.21. The van der Waals surface area contributed by atoms with Crippen LogP contribution in [0.25, 0.3) is 0 Å². The zero-order valence-electron chi connectivity index (χ0n) is 15.3. The van der Waals surface area contributed by atoms with Gasteiger partial charge in [0, 0.05) is 30.4 Å². The van der Waals surface area contributed by atoms with Gasteiger partial charge in [-0.1, -0.05) is 11.6 Å². The van der Waals surface area contributed by atoms with Crippen LogP contribution in [0.15, 0.2) is 36.4 Å². The molecular formula is C20H21ClN2O4. The Morgan fingerprint density at radius 1 is 1.04 bits per heavy atom. The zero-order valence-corrected chi connectivity index (χ0v) is 16.0. The molecule has 1 aliphatic rings. The number of ether oxygens (including phenoxy) is 2. The molecule has 0 aliphatic carbocycles. The number of halogens is 1. The number of nitrogens with zero attached hydrogens (tertiary/aromatic N) is 1. The molecule has 27 heavy (non-hydrogen) atoms. The largest absolute Gasteiger partial charge is 0.486 e. The average Bonchev–Trinajstić information content (AvgIpc) is 2.68. The van der Waals surface area contributed by atoms with Gasteiger partial charge in [0.1, 0.15) is 13.2 Å². The lowest BCUT2D eigenvalue weighted by molar-refractivity contribution is 0.0773. The van der Waals surface area contributed by atoms with Gasteiger partial charge in [0.05, 0.1) is 10.6 Å². The topological polar surface area (TPSA) is 67.9 Å². The molecule has 1 aliphatic heterocycles. The van der Waals surface area contributed by atoms with E-state index >= 15 is 0 Å². The SMILES string of the molecule is CCN(CC)C(=O)c1ccc(NC(=O)c2cc3c(cc2Cl)OCCO3)cc1. The summed E-state index contributed by atoms with van der Waals surface area (Å²) in [6.45, 7) is 6.05. The van der Waals surface area contributed by atoms with Gasteiger partial charge in [0.15, 0.2) is 11.5 Å². The van der Waals surface area contributed by atoms with Gasteiger partial charge in [0.25, 0.3) is 11.8 Å². The summed E-state index contributed by atoms with van der Waals surface area (Å²) in [7, 11) is 0. The molecule has 0 radical (unpaired) electrons. The molecule has 2 aromatic carbocycles. The highest BCUT2D eigenvalue weighted by atomic mass is 35.5. The minimum absolute atomic E-state index is 0.0345. The van der Waals surface area contributed by atoms with Crippen LogP contribution in [-0.4, -0.2) is 43.0 Å². The Kier molecular flexibility index (Phi) is 5.86. The lowest BCUT2D eigenvalue weighted by Crippen LogP contribution is -2.30. The van der Waals surface area contributed by atoms with Crippen LogP contribution >= 0.6 is 11.6 Å². The van der Waals surface area contributed by atoms with Crippen LogP contribution in [0.5, 0.6) is 11.5 Å². The van der Waals surface area contributed by atoms with E-state index in [0.29, 0.717) is 54.6 Å². The van der Waals surface area contributed by atoms with Crippen molar-refractivity contribution in [2.75, 3.05) is 31.6 Å². The second kappa shape index (κ2) is 8.31. The number of carbonyl (C=O) groups excluding carboxylic acids is 2. The molecule has 3 rings (SSSR count). The monoisotopic (exact) mass is 388 g/mol. The van der Waals surface area contributed by atoms with E-state index in [1.807, 2.05) is 13.8 Å². The van der Waals surface area contributed by atoms with Crippen LogP contribution in [0.4, 0.5) is 5.69 Å². The van der Waals surface area contributed by atoms with E-state index in [0.717, 1.165) is 0 Å². The Bertz CT molecular complexity index is 848. The number of anilines is 1. The number of rotatable bonds is 5. The van der Waals surface area contributed by atoms with Crippen molar-refractivity contribution >= 4 is 29.1 Å². The normalized spacial score (nSPS) is 12.4. The molecule has 0 fully saturated rings. The molecule has 0 spiro atoms. The number of amides is 2. The summed E-state index contributed by atoms with van der Waals surface area (Å²) in [5.74, 6) is 0.630. The third kappa shape index (κ3) is 4.17. The number of fused-ring (bicyclic) bond motifs is 1. The van der Waals surface area contributed by atoms with Gasteiger partial charge >= 0.3 is 0 Å². The Morgan fingerprint density at radius 3 is 2.22 bits per heavy atom. The first-order chi connectivity index (χ1) is 13.0. The smallest absolute Gasteiger partial charge is 0.257 e. The fourth-order valence-corrected chi connectivity index (χ4v) is 3.07. The minimum Gasteiger partial charge on any atom is -0.486 e. The standard InChI is InChI=1S/C20H21ClN2O4/c1-3-23(4-2)20(25)13-5-7-14(8-6-13)22-19(24)15-11-17-18(12-16(15)21)27-10-9-26-17/h5-8,11-12H,3-4,9-10H2,1-2H3,(H,22,24). The van der Waals surface area contributed by atoms with E-state index in [-0.39, 0.29) is 16.8 Å². The maximum absolute atomic E-state index is 12.6. The first-order valence-electron chi connectivity index (χ1n) is 8.83. The lowest BCUT2D eigenvalue weighted by atomic mass is 10.1. The van der Waals surface area contributed by atoms with E-state index in [2.05, 4.69) is 5.32 Å². The maximum atomic E-state index is 12.6. The predicted molar refractivity (Wildman–Crippen MR) is 104 cm³/mol. The van der Waals surface area contributed by atoms with E-state index in [9.17, 15) is 9.59 Å². The molecule has 2 amide bonds. The average molecular weight is 389 g/mol. The summed E-state index contributed by atoms with van der Waals surface area (Å²) in [4.78, 5) is 26.7. The van der Waals surface area contributed by atoms with Gasteiger partial charge in [-0.3, -0.25) is 9.59 Å². The predicted octanol–water partition coefficient (Wildman–Crippen LogP) is 3.85. The van der Waals surface area contributed by atoms with E-state index in [4.69, 9.17) is 21.1 Å². The van der Waals surface area contributed by atoms with Crippen molar-refractivity contribution in [2.24, 2.45) is 0 Å². The van der Waals surface area contributed by atoms with Crippen LogP contribution in [0.2, 0.25) is 5.02 Å². The number of hydrogen-bond acceptors (Lipinski definition) is 4. The molecule has 0 aromatic heterocycles. The fraction of sp³-hybridized carbons (Fsp3) is 0.300. The Hall–Kier alpha value is -2.73. The molecule has 0 saturated carbocycles. The van der Waals surface area contributed by atoms with Crippen LogP contribution in [0.3, 0.4) is 0 Å². The summed E-state index contributed by atoms with van der Waals surface area (Å²) in [5, 5.41) is 3.07. The van der Waals surface area contributed by atoms with E-state index in [1.165, 1.54) is 0 Å². The summed E-state index contributed by atoms with van der Waals surface area (Å²) in [6.07, 6.45) is 0. The van der Waals surface area contributed by atoms with Crippen molar-refractivity contribution in [2.45, 2.75) is 13.8 Å². The van der Waals surface area contributed by atoms with Gasteiger partial charge in [0.2, 0.25) is 0 Å². The highest BCUT2D eigenvalue weighted by Crippen LogP contribution is 2.35. The highest BCUT2D eigenvalue weighted by molar-refractivity contribution is 6.34. The van der Waals surface area contributed by atoms with Crippen LogP contribution in [-0.2, 0) is 0 Å². The van der Waals surface area contributed by atoms with Gasteiger partial charge in [-0.05, 0) is 44.2 Å². The van der Waals surface area contributed by atoms with Gasteiger partial charge in [-0.15, -0.1) is 0 Å². The quantitative estimate of drug-likeness (QED) is 0.844. The molecule has 1 N–H and O–H groups in total. The van der Waals surface area contributed by atoms with Crippen molar-refractivity contribution in [1.82, 2.24) is 4.90 Å². The zero-order chi connectivity index (χ0) is 19.4. The summed E-state index contributed by atoms with van der Waals surface area (Å²) in [6, 6.07) is 9.94. The Labute approximate surface area is 163 Å². The summed E-state index contributed by atoms with van der Waals surface area (Å²) in [5.41, 5.74) is 1.44. The second-order valence-corrected chi connectivity index (χ2v) is 6.39. The molecule has 2 aromatic rings. The number of carbonyl (C=O) groups is 2. The van der Waals surface area contributed by atoms with Crippen molar-refractivity contribution in [3.8, 4) is 11.5 Å². The second-order valence-electron chi connectivity index (χ2n) is 5.98. The molecule has 142 valence electrons. The highest BCUT2D eigenvalue weighted by Gasteiger charge is 2.19. The van der Waals surface area contributed by atoms with Crippen LogP contribution < -0.4 is 14.8 Å². The fourth-order valence-electron chi connectivity index (χ4n) is 2.83. The van der Waals surface area contributed by atoms with Crippen LogP contribution in [0.1, 0.15) is 34.6 Å². The first kappa shape index (κ1) is 19.0. The third-order valence-electron chi connectivity index (χ3n) is 4.32. The van der Waals surface area contributed by atoms with E-state index < -0.39 is 0 Å². The number of nitrogens with one attached hydrogen (secondary N) is 1. The van der Waals surface area contributed by atoms with E-state index in [1.54, 1.807) is 41.3 Å².